The molecule has 6 nitrogen and oxygen atoms in total. The minimum atomic E-state index is -0.141. The average Bonchev–Trinajstić information content (AvgIpc) is 2.92. The Morgan fingerprint density at radius 1 is 1.32 bits per heavy atom. The molecule has 1 aliphatic rings. The number of hydrogen-bond acceptors (Lipinski definition) is 4. The van der Waals surface area contributed by atoms with Gasteiger partial charge in [-0.1, -0.05) is 12.1 Å². The summed E-state index contributed by atoms with van der Waals surface area (Å²) in [6, 6.07) is 9.14. The molecule has 6 heteroatoms. The molecule has 3 rings (SSSR count). The lowest BCUT2D eigenvalue weighted by Gasteiger charge is -2.29. The van der Waals surface area contributed by atoms with Gasteiger partial charge >= 0.3 is 0 Å². The van der Waals surface area contributed by atoms with Crippen LogP contribution in [0.3, 0.4) is 0 Å². The SMILES string of the molecule is Cc1cc([C@@H](C)NC(=O)CCN2C(=O)COc3ccccc32)c(C)o1. The minimum absolute atomic E-state index is 0.00251. The number of aryl methyl sites for hydroxylation is 2. The molecule has 1 aliphatic heterocycles. The highest BCUT2D eigenvalue weighted by atomic mass is 16.5. The molecule has 0 spiro atoms. The van der Waals surface area contributed by atoms with Crippen LogP contribution < -0.4 is 15.0 Å². The van der Waals surface area contributed by atoms with Gasteiger partial charge in [-0.05, 0) is 39.0 Å². The first-order valence-electron chi connectivity index (χ1n) is 8.34. The van der Waals surface area contributed by atoms with Crippen molar-refractivity contribution in [3.05, 3.63) is 47.4 Å². The van der Waals surface area contributed by atoms with Crippen LogP contribution in [0.2, 0.25) is 0 Å². The van der Waals surface area contributed by atoms with E-state index in [0.717, 1.165) is 17.1 Å². The van der Waals surface area contributed by atoms with Gasteiger partial charge in [0, 0.05) is 18.5 Å². The van der Waals surface area contributed by atoms with Gasteiger partial charge in [0.25, 0.3) is 5.91 Å². The molecule has 2 heterocycles. The highest BCUT2D eigenvalue weighted by molar-refractivity contribution is 5.98. The van der Waals surface area contributed by atoms with Crippen LogP contribution in [-0.4, -0.2) is 25.0 Å². The zero-order chi connectivity index (χ0) is 18.0. The van der Waals surface area contributed by atoms with E-state index >= 15 is 0 Å². The first-order valence-corrected chi connectivity index (χ1v) is 8.34. The van der Waals surface area contributed by atoms with Crippen LogP contribution >= 0.6 is 0 Å². The second-order valence-electron chi connectivity index (χ2n) is 6.21. The molecule has 2 amide bonds. The molecular weight excluding hydrogens is 320 g/mol. The second-order valence-corrected chi connectivity index (χ2v) is 6.21. The normalized spacial score (nSPS) is 14.7. The fourth-order valence-corrected chi connectivity index (χ4v) is 3.08. The molecule has 0 fully saturated rings. The van der Waals surface area contributed by atoms with Gasteiger partial charge in [-0.3, -0.25) is 9.59 Å². The number of fused-ring (bicyclic) bond motifs is 1. The predicted molar refractivity (Wildman–Crippen MR) is 93.6 cm³/mol. The fourth-order valence-electron chi connectivity index (χ4n) is 3.08. The van der Waals surface area contributed by atoms with Gasteiger partial charge in [0.1, 0.15) is 17.3 Å². The number of rotatable bonds is 5. The third-order valence-corrected chi connectivity index (χ3v) is 4.29. The average molecular weight is 342 g/mol. The van der Waals surface area contributed by atoms with Gasteiger partial charge < -0.3 is 19.4 Å². The summed E-state index contributed by atoms with van der Waals surface area (Å²) in [4.78, 5) is 26.0. The number of nitrogens with zero attached hydrogens (tertiary/aromatic N) is 1. The van der Waals surface area contributed by atoms with Gasteiger partial charge in [-0.2, -0.15) is 0 Å². The van der Waals surface area contributed by atoms with Crippen LogP contribution in [-0.2, 0) is 9.59 Å². The highest BCUT2D eigenvalue weighted by Gasteiger charge is 2.25. The topological polar surface area (TPSA) is 71.8 Å². The second kappa shape index (κ2) is 7.01. The first-order chi connectivity index (χ1) is 12.0. The van der Waals surface area contributed by atoms with Crippen molar-refractivity contribution >= 4 is 17.5 Å². The van der Waals surface area contributed by atoms with Crippen LogP contribution in [0.25, 0.3) is 0 Å². The van der Waals surface area contributed by atoms with Crippen molar-refractivity contribution in [1.82, 2.24) is 5.32 Å². The number of benzene rings is 1. The summed E-state index contributed by atoms with van der Waals surface area (Å²) in [6.07, 6.45) is 0.223. The van der Waals surface area contributed by atoms with Crippen LogP contribution in [0, 0.1) is 13.8 Å². The van der Waals surface area contributed by atoms with Crippen LogP contribution in [0.4, 0.5) is 5.69 Å². The lowest BCUT2D eigenvalue weighted by molar-refractivity contribution is -0.122. The number of ether oxygens (including phenoxy) is 1. The van der Waals surface area contributed by atoms with Crippen molar-refractivity contribution < 1.29 is 18.7 Å². The van der Waals surface area contributed by atoms with Crippen molar-refractivity contribution in [2.75, 3.05) is 18.1 Å². The Balaban J connectivity index is 1.61. The summed E-state index contributed by atoms with van der Waals surface area (Å²) in [5.74, 6) is 2.05. The molecule has 0 bridgehead atoms. The van der Waals surface area contributed by atoms with E-state index in [1.54, 1.807) is 4.90 Å². The molecular formula is C19H22N2O4. The quantitative estimate of drug-likeness (QED) is 0.907. The molecule has 1 atom stereocenters. The first kappa shape index (κ1) is 17.1. The monoisotopic (exact) mass is 342 g/mol. The maximum atomic E-state index is 12.3. The molecule has 1 aromatic carbocycles. The molecule has 0 aliphatic carbocycles. The molecule has 0 saturated heterocycles. The predicted octanol–water partition coefficient (Wildman–Crippen LogP) is 2.89. The Morgan fingerprint density at radius 3 is 2.80 bits per heavy atom. The van der Waals surface area contributed by atoms with Crippen molar-refractivity contribution in [1.29, 1.82) is 0 Å². The van der Waals surface area contributed by atoms with E-state index in [2.05, 4.69) is 5.32 Å². The molecule has 2 aromatic rings. The Morgan fingerprint density at radius 2 is 2.08 bits per heavy atom. The number of para-hydroxylation sites is 2. The molecule has 1 N–H and O–H groups in total. The Bertz CT molecular complexity index is 796. The summed E-state index contributed by atoms with van der Waals surface area (Å²) >= 11 is 0. The van der Waals surface area contributed by atoms with E-state index in [1.165, 1.54) is 0 Å². The van der Waals surface area contributed by atoms with Gasteiger partial charge in [-0.15, -0.1) is 0 Å². The number of amides is 2. The van der Waals surface area contributed by atoms with E-state index in [1.807, 2.05) is 51.1 Å². The van der Waals surface area contributed by atoms with Gasteiger partial charge in [0.2, 0.25) is 5.91 Å². The number of hydrogen-bond donors (Lipinski definition) is 1. The lowest BCUT2D eigenvalue weighted by Crippen LogP contribution is -2.41. The summed E-state index contributed by atoms with van der Waals surface area (Å²) in [5, 5.41) is 2.96. The van der Waals surface area contributed by atoms with E-state index in [-0.39, 0.29) is 30.9 Å². The van der Waals surface area contributed by atoms with E-state index in [9.17, 15) is 9.59 Å². The Hall–Kier alpha value is -2.76. The van der Waals surface area contributed by atoms with Crippen LogP contribution in [0.1, 0.15) is 36.5 Å². The van der Waals surface area contributed by atoms with Gasteiger partial charge in [0.05, 0.1) is 11.7 Å². The minimum Gasteiger partial charge on any atom is -0.482 e. The summed E-state index contributed by atoms with van der Waals surface area (Å²) < 4.78 is 10.9. The van der Waals surface area contributed by atoms with Gasteiger partial charge in [-0.25, -0.2) is 0 Å². The fraction of sp³-hybridized carbons (Fsp3) is 0.368. The number of carbonyl (C=O) groups excluding carboxylic acids is 2. The maximum Gasteiger partial charge on any atom is 0.265 e. The zero-order valence-electron chi connectivity index (χ0n) is 14.7. The molecule has 0 saturated carbocycles. The summed E-state index contributed by atoms with van der Waals surface area (Å²) in [5.41, 5.74) is 1.68. The number of nitrogens with one attached hydrogen (secondary N) is 1. The highest BCUT2D eigenvalue weighted by Crippen LogP contribution is 2.31. The van der Waals surface area contributed by atoms with E-state index in [0.29, 0.717) is 18.0 Å². The number of carbonyl (C=O) groups is 2. The molecule has 1 aromatic heterocycles. The van der Waals surface area contributed by atoms with Crippen molar-refractivity contribution in [2.45, 2.75) is 33.2 Å². The maximum absolute atomic E-state index is 12.3. The standard InChI is InChI=1S/C19H22N2O4/c1-12-10-15(14(3)25-12)13(2)20-18(22)8-9-21-16-6-4-5-7-17(16)24-11-19(21)23/h4-7,10,13H,8-9,11H2,1-3H3,(H,20,22)/t13-/m1/s1. The van der Waals surface area contributed by atoms with Crippen LogP contribution in [0.15, 0.2) is 34.7 Å². The van der Waals surface area contributed by atoms with Crippen molar-refractivity contribution in [3.63, 3.8) is 0 Å². The summed E-state index contributed by atoms with van der Waals surface area (Å²) in [7, 11) is 0. The summed E-state index contributed by atoms with van der Waals surface area (Å²) in [6.45, 7) is 6.01. The smallest absolute Gasteiger partial charge is 0.265 e. The van der Waals surface area contributed by atoms with Crippen molar-refractivity contribution in [2.24, 2.45) is 0 Å². The van der Waals surface area contributed by atoms with E-state index in [4.69, 9.17) is 9.15 Å². The molecule has 0 radical (unpaired) electrons. The van der Waals surface area contributed by atoms with Gasteiger partial charge in [0.15, 0.2) is 6.61 Å². The third-order valence-electron chi connectivity index (χ3n) is 4.29. The number of anilines is 1. The van der Waals surface area contributed by atoms with Crippen molar-refractivity contribution in [3.8, 4) is 5.75 Å². The van der Waals surface area contributed by atoms with Crippen LogP contribution in [0.5, 0.6) is 5.75 Å². The largest absolute Gasteiger partial charge is 0.482 e. The molecule has 0 unspecified atom stereocenters. The molecule has 25 heavy (non-hydrogen) atoms. The third kappa shape index (κ3) is 3.68. The Labute approximate surface area is 146 Å². The molecule has 132 valence electrons. The lowest BCUT2D eigenvalue weighted by atomic mass is 10.1. The van der Waals surface area contributed by atoms with E-state index < -0.39 is 0 Å². The Kier molecular flexibility index (Phi) is 4.79. The zero-order valence-corrected chi connectivity index (χ0v) is 14.7. The number of furan rings is 1.